The first-order chi connectivity index (χ1) is 14.6. The Balaban J connectivity index is 1.90. The van der Waals surface area contributed by atoms with Crippen LogP contribution in [0.1, 0.15) is 19.4 Å². The normalized spacial score (nSPS) is 11.7. The van der Waals surface area contributed by atoms with E-state index in [0.29, 0.717) is 34.3 Å². The first-order valence-corrected chi connectivity index (χ1v) is 9.88. The van der Waals surface area contributed by atoms with Crippen LogP contribution in [0.25, 0.3) is 28.0 Å². The van der Waals surface area contributed by atoms with Crippen molar-refractivity contribution < 1.29 is 17.9 Å². The second-order valence-corrected chi connectivity index (χ2v) is 7.73. The van der Waals surface area contributed by atoms with Gasteiger partial charge in [0.15, 0.2) is 0 Å². The van der Waals surface area contributed by atoms with Crippen LogP contribution in [0.5, 0.6) is 5.75 Å². The van der Waals surface area contributed by atoms with Gasteiger partial charge in [-0.15, -0.1) is 26.3 Å². The van der Waals surface area contributed by atoms with Crippen LogP contribution >= 0.6 is 11.6 Å². The summed E-state index contributed by atoms with van der Waals surface area (Å²) in [5.41, 5.74) is 1.79. The van der Waals surface area contributed by atoms with Crippen molar-refractivity contribution in [2.75, 3.05) is 6.54 Å². The van der Waals surface area contributed by atoms with Crippen molar-refractivity contribution in [1.82, 2.24) is 9.97 Å². The number of hydrogen-bond acceptors (Lipinski definition) is 3. The number of alkyl halides is 3. The average Bonchev–Trinajstić information content (AvgIpc) is 2.68. The lowest BCUT2D eigenvalue weighted by atomic mass is 10.1. The molecule has 1 aromatic heterocycles. The number of benzene rings is 2. The van der Waals surface area contributed by atoms with E-state index in [1.54, 1.807) is 6.07 Å². The van der Waals surface area contributed by atoms with Gasteiger partial charge >= 0.3 is 6.36 Å². The van der Waals surface area contributed by atoms with Gasteiger partial charge in [0.05, 0.1) is 10.7 Å². The fourth-order valence-electron chi connectivity index (χ4n) is 2.86. The molecule has 5 nitrogen and oxygen atoms in total. The second-order valence-electron chi connectivity index (χ2n) is 7.32. The Morgan fingerprint density at radius 3 is 2.48 bits per heavy atom. The molecule has 0 aliphatic carbocycles. The minimum atomic E-state index is -4.78. The molecule has 3 rings (SSSR count). The molecule has 1 N–H and O–H groups in total. The van der Waals surface area contributed by atoms with E-state index >= 15 is 0 Å². The monoisotopic (exact) mass is 450 g/mol. The molecular weight excluding hydrogens is 431 g/mol. The molecule has 1 heterocycles. The number of aromatic amines is 1. The highest BCUT2D eigenvalue weighted by Gasteiger charge is 2.31. The van der Waals surface area contributed by atoms with Crippen LogP contribution in [-0.2, 0) is 6.54 Å². The van der Waals surface area contributed by atoms with Crippen LogP contribution < -0.4 is 10.3 Å². The molecule has 0 amide bonds. The summed E-state index contributed by atoms with van der Waals surface area (Å²) in [6.07, 6.45) is -4.78. The van der Waals surface area contributed by atoms with Gasteiger partial charge in [0, 0.05) is 17.2 Å². The molecule has 9 heteroatoms. The van der Waals surface area contributed by atoms with E-state index in [-0.39, 0.29) is 11.6 Å². The van der Waals surface area contributed by atoms with Crippen LogP contribution in [0.4, 0.5) is 13.2 Å². The van der Waals surface area contributed by atoms with E-state index in [1.165, 1.54) is 18.2 Å². The van der Waals surface area contributed by atoms with Gasteiger partial charge in [-0.2, -0.15) is 0 Å². The van der Waals surface area contributed by atoms with E-state index < -0.39 is 11.9 Å². The van der Waals surface area contributed by atoms with Gasteiger partial charge in [0.1, 0.15) is 11.6 Å². The molecule has 0 fully saturated rings. The number of halogens is 4. The molecule has 0 saturated carbocycles. The quantitative estimate of drug-likeness (QED) is 0.467. The number of rotatable bonds is 7. The van der Waals surface area contributed by atoms with E-state index in [1.807, 2.05) is 12.1 Å². The van der Waals surface area contributed by atoms with Crippen LogP contribution in [0, 0.1) is 5.92 Å². The van der Waals surface area contributed by atoms with E-state index in [9.17, 15) is 18.0 Å². The number of H-pyrrole nitrogens is 1. The van der Waals surface area contributed by atoms with Gasteiger partial charge in [0.2, 0.25) is 0 Å². The van der Waals surface area contributed by atoms with Gasteiger partial charge in [-0.3, -0.25) is 4.79 Å². The lowest BCUT2D eigenvalue weighted by Crippen LogP contribution is -2.17. The molecule has 0 unspecified atom stereocenters. The zero-order valence-electron chi connectivity index (χ0n) is 16.8. The average molecular weight is 451 g/mol. The molecule has 0 saturated heterocycles. The highest BCUT2D eigenvalue weighted by molar-refractivity contribution is 6.33. The maximum absolute atomic E-state index is 12.3. The minimum Gasteiger partial charge on any atom is -0.658 e. The zero-order chi connectivity index (χ0) is 22.6. The maximum atomic E-state index is 12.3. The van der Waals surface area contributed by atoms with Gasteiger partial charge in [-0.1, -0.05) is 43.0 Å². The Hall–Kier alpha value is -2.84. The molecule has 0 aliphatic rings. The molecular formula is C22H20ClF3N3O2-. The summed E-state index contributed by atoms with van der Waals surface area (Å²) in [5.74, 6) is 0.352. The Bertz CT molecular complexity index is 1100. The molecule has 0 radical (unpaired) electrons. The van der Waals surface area contributed by atoms with Gasteiger partial charge in [0.25, 0.3) is 5.56 Å². The lowest BCUT2D eigenvalue weighted by Gasteiger charge is -2.22. The summed E-state index contributed by atoms with van der Waals surface area (Å²) in [6.45, 7) is 5.40. The molecule has 31 heavy (non-hydrogen) atoms. The van der Waals surface area contributed by atoms with Crippen molar-refractivity contribution in [2.24, 2.45) is 5.92 Å². The van der Waals surface area contributed by atoms with E-state index in [0.717, 1.165) is 24.2 Å². The highest BCUT2D eigenvalue weighted by atomic mass is 35.5. The third kappa shape index (κ3) is 6.57. The van der Waals surface area contributed by atoms with Gasteiger partial charge in [-0.25, -0.2) is 4.98 Å². The SMILES string of the molecule is CC(C)C[N-]Cc1ccc(Cl)c(-c2nc(-c3ccc(OC(F)(F)F)cc3)cc(=O)[nH]2)c1. The third-order valence-electron chi connectivity index (χ3n) is 4.20. The largest absolute Gasteiger partial charge is 0.658 e. The Kier molecular flexibility index (Phi) is 7.02. The van der Waals surface area contributed by atoms with Crippen LogP contribution in [0.15, 0.2) is 53.3 Å². The Morgan fingerprint density at radius 2 is 1.84 bits per heavy atom. The number of nitrogens with one attached hydrogen (secondary N) is 1. The zero-order valence-corrected chi connectivity index (χ0v) is 17.6. The molecule has 0 bridgehead atoms. The van der Waals surface area contributed by atoms with Gasteiger partial charge in [-0.05, 0) is 36.4 Å². The first-order valence-electron chi connectivity index (χ1n) is 9.50. The van der Waals surface area contributed by atoms with Crippen molar-refractivity contribution in [1.29, 1.82) is 0 Å². The maximum Gasteiger partial charge on any atom is 0.573 e. The van der Waals surface area contributed by atoms with Crippen LogP contribution in [-0.4, -0.2) is 22.9 Å². The summed E-state index contributed by atoms with van der Waals surface area (Å²) in [5, 5.41) is 4.90. The summed E-state index contributed by atoms with van der Waals surface area (Å²) in [6, 6.07) is 11.8. The standard InChI is InChI=1S/C22H20ClF3N3O2/c1-13(2)11-27-12-14-3-8-18(23)17(9-14)21-28-19(10-20(30)29-21)15-4-6-16(7-5-15)31-22(24,25)26/h3-10,13H,11-12H2,1-2H3,(H,28,29,30)/q-1. The Labute approximate surface area is 182 Å². The molecule has 0 aliphatic heterocycles. The predicted molar refractivity (Wildman–Crippen MR) is 114 cm³/mol. The summed E-state index contributed by atoms with van der Waals surface area (Å²) >= 11 is 6.33. The first kappa shape index (κ1) is 22.8. The summed E-state index contributed by atoms with van der Waals surface area (Å²) < 4.78 is 40.9. The predicted octanol–water partition coefficient (Wildman–Crippen LogP) is 6.19. The number of nitrogens with zero attached hydrogens (tertiary/aromatic N) is 2. The molecule has 0 atom stereocenters. The highest BCUT2D eigenvalue weighted by Crippen LogP contribution is 2.29. The minimum absolute atomic E-state index is 0.258. The van der Waals surface area contributed by atoms with Gasteiger partial charge < -0.3 is 15.0 Å². The molecule has 3 aromatic rings. The van der Waals surface area contributed by atoms with Crippen molar-refractivity contribution in [3.8, 4) is 28.4 Å². The molecule has 164 valence electrons. The van der Waals surface area contributed by atoms with Crippen molar-refractivity contribution in [3.05, 3.63) is 74.8 Å². The fourth-order valence-corrected chi connectivity index (χ4v) is 3.07. The smallest absolute Gasteiger partial charge is 0.573 e. The summed E-state index contributed by atoms with van der Waals surface area (Å²) in [7, 11) is 0. The summed E-state index contributed by atoms with van der Waals surface area (Å²) in [4.78, 5) is 19.3. The second kappa shape index (κ2) is 9.53. The number of ether oxygens (including phenoxy) is 1. The van der Waals surface area contributed by atoms with Crippen LogP contribution in [0.2, 0.25) is 5.02 Å². The van der Waals surface area contributed by atoms with E-state index in [4.69, 9.17) is 11.6 Å². The van der Waals surface area contributed by atoms with Crippen LogP contribution in [0.3, 0.4) is 0 Å². The van der Waals surface area contributed by atoms with Crippen molar-refractivity contribution in [3.63, 3.8) is 0 Å². The van der Waals surface area contributed by atoms with Crippen molar-refractivity contribution in [2.45, 2.75) is 26.8 Å². The van der Waals surface area contributed by atoms with E-state index in [2.05, 4.69) is 33.9 Å². The number of hydrogen-bond donors (Lipinski definition) is 1. The number of aromatic nitrogens is 2. The molecule has 2 aromatic carbocycles. The Morgan fingerprint density at radius 1 is 1.13 bits per heavy atom. The van der Waals surface area contributed by atoms with Crippen molar-refractivity contribution >= 4 is 11.6 Å². The third-order valence-corrected chi connectivity index (χ3v) is 4.53. The lowest BCUT2D eigenvalue weighted by molar-refractivity contribution is -0.274. The topological polar surface area (TPSA) is 69.1 Å². The molecule has 0 spiro atoms. The fraction of sp³-hybridized carbons (Fsp3) is 0.273.